The third-order valence-corrected chi connectivity index (χ3v) is 3.67. The first kappa shape index (κ1) is 10.2. The summed E-state index contributed by atoms with van der Waals surface area (Å²) in [5, 5.41) is 0. The second kappa shape index (κ2) is 3.65. The molecule has 0 aromatic heterocycles. The molecular weight excluding hydrogens is 174 g/mol. The van der Waals surface area contributed by atoms with Gasteiger partial charge in [0.15, 0.2) is 0 Å². The molecule has 0 bridgehead atoms. The van der Waals surface area contributed by atoms with Gasteiger partial charge in [-0.1, -0.05) is 13.8 Å². The van der Waals surface area contributed by atoms with Crippen LogP contribution in [0.1, 0.15) is 46.0 Å². The van der Waals surface area contributed by atoms with Crippen molar-refractivity contribution in [3.8, 4) is 0 Å². The van der Waals surface area contributed by atoms with E-state index in [2.05, 4.69) is 18.7 Å². The van der Waals surface area contributed by atoms with E-state index >= 15 is 0 Å². The lowest BCUT2D eigenvalue weighted by Crippen LogP contribution is -2.45. The van der Waals surface area contributed by atoms with E-state index in [0.717, 1.165) is 19.3 Å². The molecule has 2 aliphatic rings. The Morgan fingerprint density at radius 1 is 1.43 bits per heavy atom. The summed E-state index contributed by atoms with van der Waals surface area (Å²) in [7, 11) is 0. The molecule has 0 spiro atoms. The third kappa shape index (κ3) is 2.17. The monoisotopic (exact) mass is 195 g/mol. The number of nitrogens with zero attached hydrogens (tertiary/aromatic N) is 1. The van der Waals surface area contributed by atoms with Gasteiger partial charge in [-0.15, -0.1) is 0 Å². The molecule has 2 nitrogen and oxygen atoms in total. The smallest absolute Gasteiger partial charge is 0.134 e. The van der Waals surface area contributed by atoms with Gasteiger partial charge >= 0.3 is 0 Å². The molecule has 2 fully saturated rings. The first-order valence-corrected chi connectivity index (χ1v) is 5.83. The van der Waals surface area contributed by atoms with Gasteiger partial charge in [-0.3, -0.25) is 9.69 Å². The summed E-state index contributed by atoms with van der Waals surface area (Å²) in [5.74, 6) is 0.471. The van der Waals surface area contributed by atoms with Crippen molar-refractivity contribution in [1.82, 2.24) is 4.90 Å². The van der Waals surface area contributed by atoms with Gasteiger partial charge in [0.05, 0.1) is 0 Å². The van der Waals surface area contributed by atoms with E-state index in [0.29, 0.717) is 17.2 Å². The molecule has 0 aromatic rings. The van der Waals surface area contributed by atoms with Crippen molar-refractivity contribution in [3.63, 3.8) is 0 Å². The second-order valence-electron chi connectivity index (χ2n) is 5.67. The quantitative estimate of drug-likeness (QED) is 0.639. The van der Waals surface area contributed by atoms with Crippen LogP contribution in [0.5, 0.6) is 0 Å². The van der Waals surface area contributed by atoms with Crippen LogP contribution in [0.4, 0.5) is 0 Å². The van der Waals surface area contributed by atoms with Crippen molar-refractivity contribution in [2.24, 2.45) is 5.41 Å². The fraction of sp³-hybridized carbons (Fsp3) is 0.917. The van der Waals surface area contributed by atoms with E-state index in [-0.39, 0.29) is 0 Å². The first-order valence-electron chi connectivity index (χ1n) is 5.83. The Morgan fingerprint density at radius 3 is 2.79 bits per heavy atom. The fourth-order valence-corrected chi connectivity index (χ4v) is 2.89. The summed E-state index contributed by atoms with van der Waals surface area (Å²) in [6.07, 6.45) is 5.38. The van der Waals surface area contributed by atoms with Crippen LogP contribution in [0.2, 0.25) is 0 Å². The largest absolute Gasteiger partial charge is 0.300 e. The minimum atomic E-state index is 0.462. The lowest BCUT2D eigenvalue weighted by molar-refractivity contribution is -0.117. The molecule has 1 heterocycles. The number of likely N-dealkylation sites (tertiary alicyclic amines) is 1. The molecule has 2 heteroatoms. The number of ketones is 1. The van der Waals surface area contributed by atoms with E-state index in [1.165, 1.54) is 25.9 Å². The summed E-state index contributed by atoms with van der Waals surface area (Å²) >= 11 is 0. The van der Waals surface area contributed by atoms with Crippen LogP contribution >= 0.6 is 0 Å². The molecule has 1 aliphatic carbocycles. The highest BCUT2D eigenvalue weighted by Gasteiger charge is 2.33. The molecule has 1 saturated heterocycles. The Morgan fingerprint density at radius 2 is 2.21 bits per heavy atom. The number of rotatable bonds is 1. The molecule has 1 unspecified atom stereocenters. The van der Waals surface area contributed by atoms with Crippen LogP contribution in [0.15, 0.2) is 0 Å². The Labute approximate surface area is 86.7 Å². The summed E-state index contributed by atoms with van der Waals surface area (Å²) in [6, 6.07) is 0.571. The Hall–Kier alpha value is -0.370. The predicted octanol–water partition coefficient (Wildman–Crippen LogP) is 2.23. The average Bonchev–Trinajstić information content (AvgIpc) is 2.50. The molecule has 0 N–H and O–H groups in total. The van der Waals surface area contributed by atoms with Crippen molar-refractivity contribution in [1.29, 1.82) is 0 Å². The van der Waals surface area contributed by atoms with Crippen LogP contribution in [0, 0.1) is 5.41 Å². The topological polar surface area (TPSA) is 20.3 Å². The fourth-order valence-electron chi connectivity index (χ4n) is 2.89. The number of carbonyl (C=O) groups excluding carboxylic acids is 1. The molecule has 0 aromatic carbocycles. The van der Waals surface area contributed by atoms with Gasteiger partial charge in [-0.2, -0.15) is 0 Å². The highest BCUT2D eigenvalue weighted by atomic mass is 16.1. The van der Waals surface area contributed by atoms with Crippen LogP contribution in [0.25, 0.3) is 0 Å². The van der Waals surface area contributed by atoms with E-state index in [1.807, 2.05) is 0 Å². The molecular formula is C12H21NO. The molecule has 2 rings (SSSR count). The highest BCUT2D eigenvalue weighted by molar-refractivity contribution is 5.81. The minimum absolute atomic E-state index is 0.462. The Bertz CT molecular complexity index is 234. The van der Waals surface area contributed by atoms with Gasteiger partial charge < -0.3 is 0 Å². The highest BCUT2D eigenvalue weighted by Crippen LogP contribution is 2.32. The zero-order valence-corrected chi connectivity index (χ0v) is 9.38. The number of hydrogen-bond donors (Lipinski definition) is 0. The van der Waals surface area contributed by atoms with E-state index in [1.54, 1.807) is 0 Å². The van der Waals surface area contributed by atoms with Gasteiger partial charge in [-0.25, -0.2) is 0 Å². The van der Waals surface area contributed by atoms with Gasteiger partial charge in [0, 0.05) is 25.4 Å². The molecule has 0 amide bonds. The molecule has 80 valence electrons. The standard InChI is InChI=1S/C12H21NO/c1-12(2)6-3-7-13(9-12)10-4-5-11(14)8-10/h10H,3-9H2,1-2H3. The predicted molar refractivity (Wildman–Crippen MR) is 57.2 cm³/mol. The second-order valence-corrected chi connectivity index (χ2v) is 5.67. The zero-order chi connectivity index (χ0) is 10.2. The van der Waals surface area contributed by atoms with Gasteiger partial charge in [-0.05, 0) is 31.2 Å². The lowest BCUT2D eigenvalue weighted by atomic mass is 9.83. The summed E-state index contributed by atoms with van der Waals surface area (Å²) < 4.78 is 0. The van der Waals surface area contributed by atoms with Gasteiger partial charge in [0.1, 0.15) is 5.78 Å². The van der Waals surface area contributed by atoms with Crippen molar-refractivity contribution in [3.05, 3.63) is 0 Å². The maximum atomic E-state index is 11.2. The normalized spacial score (nSPS) is 33.6. The van der Waals surface area contributed by atoms with Crippen molar-refractivity contribution < 1.29 is 4.79 Å². The van der Waals surface area contributed by atoms with Crippen molar-refractivity contribution in [2.75, 3.05) is 13.1 Å². The molecule has 1 saturated carbocycles. The van der Waals surface area contributed by atoms with E-state index < -0.39 is 0 Å². The maximum absolute atomic E-state index is 11.2. The average molecular weight is 195 g/mol. The summed E-state index contributed by atoms with van der Waals surface area (Å²) in [4.78, 5) is 13.8. The molecule has 14 heavy (non-hydrogen) atoms. The SMILES string of the molecule is CC1(C)CCCN(C2CCC(=O)C2)C1. The van der Waals surface area contributed by atoms with E-state index in [9.17, 15) is 4.79 Å². The van der Waals surface area contributed by atoms with Crippen LogP contribution in [-0.4, -0.2) is 29.8 Å². The Balaban J connectivity index is 1.94. The van der Waals surface area contributed by atoms with Crippen molar-refractivity contribution in [2.45, 2.75) is 52.0 Å². The summed E-state index contributed by atoms with van der Waals surface area (Å²) in [5.41, 5.74) is 0.462. The van der Waals surface area contributed by atoms with E-state index in [4.69, 9.17) is 0 Å². The Kier molecular flexibility index (Phi) is 2.65. The van der Waals surface area contributed by atoms with Gasteiger partial charge in [0.2, 0.25) is 0 Å². The minimum Gasteiger partial charge on any atom is -0.300 e. The number of Topliss-reactive ketones (excluding diaryl/α,β-unsaturated/α-hetero) is 1. The van der Waals surface area contributed by atoms with Crippen LogP contribution in [0.3, 0.4) is 0 Å². The molecule has 0 radical (unpaired) electrons. The number of hydrogen-bond acceptors (Lipinski definition) is 2. The third-order valence-electron chi connectivity index (χ3n) is 3.67. The molecule has 1 aliphatic heterocycles. The van der Waals surface area contributed by atoms with Crippen molar-refractivity contribution >= 4 is 5.78 Å². The number of carbonyl (C=O) groups is 1. The lowest BCUT2D eigenvalue weighted by Gasteiger charge is -2.41. The first-order chi connectivity index (χ1) is 6.57. The number of piperidine rings is 1. The summed E-state index contributed by atoms with van der Waals surface area (Å²) in [6.45, 7) is 7.08. The zero-order valence-electron chi connectivity index (χ0n) is 9.38. The van der Waals surface area contributed by atoms with Gasteiger partial charge in [0.25, 0.3) is 0 Å². The maximum Gasteiger partial charge on any atom is 0.134 e. The molecule has 1 atom stereocenters. The van der Waals surface area contributed by atoms with Crippen LogP contribution < -0.4 is 0 Å². The van der Waals surface area contributed by atoms with Crippen LogP contribution in [-0.2, 0) is 4.79 Å².